The van der Waals surface area contributed by atoms with Crippen LogP contribution in [0.4, 0.5) is 20.4 Å². The molecule has 3 heterocycles. The first-order valence-electron chi connectivity index (χ1n) is 9.56. The van der Waals surface area contributed by atoms with E-state index >= 15 is 0 Å². The largest absolute Gasteiger partial charge is 0.469 e. The van der Waals surface area contributed by atoms with E-state index in [-0.39, 0.29) is 35.3 Å². The average Bonchev–Trinajstić information content (AvgIpc) is 3.11. The van der Waals surface area contributed by atoms with E-state index in [1.807, 2.05) is 0 Å². The molecule has 0 saturated heterocycles. The molecule has 9 nitrogen and oxygen atoms in total. The van der Waals surface area contributed by atoms with Crippen molar-refractivity contribution in [3.05, 3.63) is 59.3 Å². The molecule has 1 aromatic carbocycles. The van der Waals surface area contributed by atoms with E-state index in [0.29, 0.717) is 16.6 Å². The number of carbonyl (C=O) groups excluding carboxylic acids is 1. The number of aromatic nitrogens is 5. The van der Waals surface area contributed by atoms with Crippen molar-refractivity contribution in [2.75, 3.05) is 18.6 Å². The molecule has 164 valence electrons. The number of carbonyl (C=O) groups is 1. The maximum Gasteiger partial charge on any atom is 0.313 e. The Morgan fingerprint density at radius 3 is 2.53 bits per heavy atom. The molecule has 0 spiro atoms. The summed E-state index contributed by atoms with van der Waals surface area (Å²) < 4.78 is 34.3. The molecule has 1 unspecified atom stereocenters. The van der Waals surface area contributed by atoms with Gasteiger partial charge in [0.25, 0.3) is 0 Å². The highest BCUT2D eigenvalue weighted by atomic mass is 19.1. The lowest BCUT2D eigenvalue weighted by Crippen LogP contribution is -2.17. The van der Waals surface area contributed by atoms with Gasteiger partial charge in [0.1, 0.15) is 29.0 Å². The van der Waals surface area contributed by atoms with Gasteiger partial charge >= 0.3 is 5.97 Å². The molecule has 32 heavy (non-hydrogen) atoms. The quantitative estimate of drug-likeness (QED) is 0.453. The monoisotopic (exact) mass is 439 g/mol. The fourth-order valence-electron chi connectivity index (χ4n) is 3.45. The molecular weight excluding hydrogens is 420 g/mol. The van der Waals surface area contributed by atoms with Crippen LogP contribution in [-0.4, -0.2) is 37.8 Å². The molecule has 0 bridgehead atoms. The molecule has 0 aliphatic carbocycles. The Hall–Kier alpha value is -4.15. The molecule has 0 amide bonds. The summed E-state index contributed by atoms with van der Waals surface area (Å²) in [5, 5.41) is 4.74. The van der Waals surface area contributed by atoms with E-state index in [1.54, 1.807) is 25.1 Å². The second-order valence-electron chi connectivity index (χ2n) is 7.10. The number of nitrogens with two attached hydrogens (primary N) is 2. The van der Waals surface area contributed by atoms with Crippen LogP contribution in [0.15, 0.2) is 36.5 Å². The van der Waals surface area contributed by atoms with Gasteiger partial charge in [-0.25, -0.2) is 28.4 Å². The van der Waals surface area contributed by atoms with Crippen molar-refractivity contribution in [1.29, 1.82) is 0 Å². The van der Waals surface area contributed by atoms with Crippen molar-refractivity contribution < 1.29 is 18.3 Å². The molecular formula is C21H19F2N7O2. The maximum absolute atomic E-state index is 14.2. The zero-order valence-corrected chi connectivity index (χ0v) is 17.2. The van der Waals surface area contributed by atoms with Gasteiger partial charge in [-0.15, -0.1) is 0 Å². The van der Waals surface area contributed by atoms with Gasteiger partial charge in [-0.05, 0) is 19.1 Å². The number of fused-ring (bicyclic) bond motifs is 1. The second-order valence-corrected chi connectivity index (χ2v) is 7.10. The molecule has 4 rings (SSSR count). The lowest BCUT2D eigenvalue weighted by atomic mass is 10.0. The standard InChI is InChI=1S/C21H19F2N7O2/c1-10(21(31)32-2)15-17(24)27-19(28-18(15)25)16-13-7-12(22)8-26-20(13)30(29-16)9-11-5-3-4-6-14(11)23/h3-8,10H,9H2,1-2H3,(H4,24,25,27,28). The van der Waals surface area contributed by atoms with E-state index in [4.69, 9.17) is 16.2 Å². The summed E-state index contributed by atoms with van der Waals surface area (Å²) >= 11 is 0. The molecule has 1 atom stereocenters. The molecule has 0 fully saturated rings. The number of hydrogen-bond acceptors (Lipinski definition) is 8. The number of nitrogens with zero attached hydrogens (tertiary/aromatic N) is 5. The van der Waals surface area contributed by atoms with Gasteiger partial charge < -0.3 is 16.2 Å². The summed E-state index contributed by atoms with van der Waals surface area (Å²) in [6.45, 7) is 1.61. The molecule has 0 radical (unpaired) electrons. The Bertz CT molecular complexity index is 1320. The number of anilines is 2. The van der Waals surface area contributed by atoms with Crippen LogP contribution in [0, 0.1) is 11.6 Å². The van der Waals surface area contributed by atoms with Crippen molar-refractivity contribution in [3.63, 3.8) is 0 Å². The van der Waals surface area contributed by atoms with Crippen molar-refractivity contribution in [2.45, 2.75) is 19.4 Å². The molecule has 4 N–H and O–H groups in total. The molecule has 0 aliphatic rings. The highest BCUT2D eigenvalue weighted by molar-refractivity contribution is 5.90. The summed E-state index contributed by atoms with van der Waals surface area (Å²) in [4.78, 5) is 24.5. The fraction of sp³-hybridized carbons (Fsp3) is 0.190. The Kier molecular flexibility index (Phi) is 5.39. The molecule has 0 saturated carbocycles. The topological polar surface area (TPSA) is 135 Å². The summed E-state index contributed by atoms with van der Waals surface area (Å²) in [5.41, 5.74) is 13.2. The molecule has 11 heteroatoms. The van der Waals surface area contributed by atoms with Gasteiger partial charge in [-0.1, -0.05) is 18.2 Å². The Labute approximate surface area is 181 Å². The lowest BCUT2D eigenvalue weighted by molar-refractivity contribution is -0.141. The van der Waals surface area contributed by atoms with Gasteiger partial charge in [-0.3, -0.25) is 4.79 Å². The van der Waals surface area contributed by atoms with E-state index in [9.17, 15) is 13.6 Å². The third-order valence-corrected chi connectivity index (χ3v) is 5.04. The van der Waals surface area contributed by atoms with E-state index < -0.39 is 23.5 Å². The number of nitrogen functional groups attached to an aromatic ring is 2. The number of esters is 1. The summed E-state index contributed by atoms with van der Waals surface area (Å²) in [6.07, 6.45) is 1.04. The minimum Gasteiger partial charge on any atom is -0.469 e. The average molecular weight is 439 g/mol. The first-order valence-corrected chi connectivity index (χ1v) is 9.56. The van der Waals surface area contributed by atoms with Gasteiger partial charge in [0.2, 0.25) is 0 Å². The van der Waals surface area contributed by atoms with Crippen LogP contribution in [0.3, 0.4) is 0 Å². The van der Waals surface area contributed by atoms with Crippen molar-refractivity contribution >= 4 is 28.6 Å². The van der Waals surface area contributed by atoms with Crippen molar-refractivity contribution in [3.8, 4) is 11.5 Å². The smallest absolute Gasteiger partial charge is 0.313 e. The number of benzene rings is 1. The van der Waals surface area contributed by atoms with Crippen molar-refractivity contribution in [2.24, 2.45) is 0 Å². The second kappa shape index (κ2) is 8.17. The normalized spacial score (nSPS) is 12.1. The predicted molar refractivity (Wildman–Crippen MR) is 113 cm³/mol. The summed E-state index contributed by atoms with van der Waals surface area (Å²) in [7, 11) is 1.25. The number of halogens is 2. The van der Waals surface area contributed by atoms with E-state index in [1.165, 1.54) is 23.9 Å². The zero-order valence-electron chi connectivity index (χ0n) is 17.2. The third kappa shape index (κ3) is 3.68. The van der Waals surface area contributed by atoms with Gasteiger partial charge in [-0.2, -0.15) is 5.10 Å². The van der Waals surface area contributed by atoms with Crippen LogP contribution in [0.1, 0.15) is 24.0 Å². The number of rotatable bonds is 5. The lowest BCUT2D eigenvalue weighted by Gasteiger charge is -2.14. The summed E-state index contributed by atoms with van der Waals surface area (Å²) in [5.74, 6) is -2.40. The van der Waals surface area contributed by atoms with Crippen LogP contribution < -0.4 is 11.5 Å². The van der Waals surface area contributed by atoms with E-state index in [0.717, 1.165) is 6.20 Å². The van der Waals surface area contributed by atoms with Crippen molar-refractivity contribution in [1.82, 2.24) is 24.7 Å². The number of pyridine rings is 1. The number of hydrogen-bond donors (Lipinski definition) is 2. The third-order valence-electron chi connectivity index (χ3n) is 5.04. The minimum absolute atomic E-state index is 0.0190. The van der Waals surface area contributed by atoms with Crippen LogP contribution in [-0.2, 0) is 16.1 Å². The molecule has 0 aliphatic heterocycles. The number of ether oxygens (including phenoxy) is 1. The minimum atomic E-state index is -0.788. The first kappa shape index (κ1) is 21.1. The fourth-order valence-corrected chi connectivity index (χ4v) is 3.45. The summed E-state index contributed by atoms with van der Waals surface area (Å²) in [6, 6.07) is 7.45. The van der Waals surface area contributed by atoms with Gasteiger partial charge in [0, 0.05) is 5.56 Å². The van der Waals surface area contributed by atoms with Crippen LogP contribution in [0.2, 0.25) is 0 Å². The molecule has 4 aromatic rings. The Balaban J connectivity index is 1.85. The maximum atomic E-state index is 14.2. The highest BCUT2D eigenvalue weighted by Crippen LogP contribution is 2.32. The van der Waals surface area contributed by atoms with Gasteiger partial charge in [0.05, 0.1) is 36.7 Å². The molecule has 3 aromatic heterocycles. The predicted octanol–water partition coefficient (Wildman–Crippen LogP) is 2.66. The van der Waals surface area contributed by atoms with Crippen LogP contribution in [0.5, 0.6) is 0 Å². The first-order chi connectivity index (χ1) is 15.3. The zero-order chi connectivity index (χ0) is 23.0. The van der Waals surface area contributed by atoms with Gasteiger partial charge in [0.15, 0.2) is 11.5 Å². The van der Waals surface area contributed by atoms with Crippen LogP contribution in [0.25, 0.3) is 22.6 Å². The van der Waals surface area contributed by atoms with E-state index in [2.05, 4.69) is 20.1 Å². The Morgan fingerprint density at radius 1 is 1.19 bits per heavy atom. The Morgan fingerprint density at radius 2 is 1.88 bits per heavy atom. The SMILES string of the molecule is COC(=O)C(C)c1c(N)nc(-c2nn(Cc3ccccc3F)c3ncc(F)cc23)nc1N. The number of methoxy groups -OCH3 is 1. The highest BCUT2D eigenvalue weighted by Gasteiger charge is 2.25. The van der Waals surface area contributed by atoms with Crippen LogP contribution >= 0.6 is 0 Å².